The molecule has 1 N–H and O–H groups in total. The Labute approximate surface area is 84.4 Å². The van der Waals surface area contributed by atoms with E-state index in [9.17, 15) is 0 Å². The molecule has 0 spiro atoms. The first-order chi connectivity index (χ1) is 6.86. The van der Waals surface area contributed by atoms with Gasteiger partial charge in [0, 0.05) is 38.1 Å². The highest BCUT2D eigenvalue weighted by Crippen LogP contribution is 2.05. The molecule has 1 aliphatic rings. The fraction of sp³-hybridized carbons (Fsp3) is 0.600. The molecule has 0 bridgehead atoms. The summed E-state index contributed by atoms with van der Waals surface area (Å²) in [5.74, 6) is 0.918. The topological polar surface area (TPSA) is 41.0 Å². The van der Waals surface area contributed by atoms with E-state index in [1.807, 2.05) is 6.07 Å². The van der Waals surface area contributed by atoms with Crippen LogP contribution >= 0.6 is 0 Å². The molecule has 0 aliphatic carbocycles. The molecule has 2 rings (SSSR count). The molecule has 4 nitrogen and oxygen atoms in total. The molecule has 1 aromatic rings. The molecule has 14 heavy (non-hydrogen) atoms. The van der Waals surface area contributed by atoms with Gasteiger partial charge in [-0.2, -0.15) is 0 Å². The second-order valence-electron chi connectivity index (χ2n) is 3.69. The Hall–Kier alpha value is -1.00. The van der Waals surface area contributed by atoms with Gasteiger partial charge in [0.15, 0.2) is 0 Å². The first-order valence-electron chi connectivity index (χ1n) is 5.07. The Kier molecular flexibility index (Phi) is 3.06. The predicted molar refractivity (Wildman–Crippen MR) is 54.8 cm³/mol. The largest absolute Gasteiger partial charge is 0.314 e. The molecule has 76 valence electrons. The van der Waals surface area contributed by atoms with Crippen LogP contribution in [0.5, 0.6) is 0 Å². The molecule has 0 radical (unpaired) electrons. The molecular formula is C10H16N4. The zero-order valence-electron chi connectivity index (χ0n) is 8.48. The summed E-state index contributed by atoms with van der Waals surface area (Å²) in [7, 11) is 0. The Morgan fingerprint density at radius 2 is 2.29 bits per heavy atom. The lowest BCUT2D eigenvalue weighted by molar-refractivity contribution is 0.161. The number of hydrogen-bond donors (Lipinski definition) is 1. The number of nitrogens with one attached hydrogen (secondary N) is 1. The van der Waals surface area contributed by atoms with Crippen LogP contribution in [-0.2, 0) is 6.54 Å². The van der Waals surface area contributed by atoms with Crippen molar-refractivity contribution in [2.75, 3.05) is 19.6 Å². The minimum Gasteiger partial charge on any atom is -0.314 e. The number of aromatic nitrogens is 2. The molecule has 1 aliphatic heterocycles. The zero-order chi connectivity index (χ0) is 9.80. The van der Waals surface area contributed by atoms with Gasteiger partial charge in [-0.1, -0.05) is 0 Å². The van der Waals surface area contributed by atoms with E-state index in [1.165, 1.54) is 0 Å². The minimum atomic E-state index is 0.576. The van der Waals surface area contributed by atoms with Crippen molar-refractivity contribution in [3.05, 3.63) is 24.3 Å². The van der Waals surface area contributed by atoms with Crippen molar-refractivity contribution in [3.8, 4) is 0 Å². The number of piperazine rings is 1. The van der Waals surface area contributed by atoms with Crippen LogP contribution in [0.2, 0.25) is 0 Å². The fourth-order valence-electron chi connectivity index (χ4n) is 1.71. The molecule has 0 aromatic carbocycles. The molecule has 0 amide bonds. The third kappa shape index (κ3) is 2.27. The maximum absolute atomic E-state index is 4.23. The maximum atomic E-state index is 4.23. The van der Waals surface area contributed by atoms with Crippen LogP contribution in [0.25, 0.3) is 0 Å². The predicted octanol–water partition coefficient (Wildman–Crippen LogP) is 0.270. The molecule has 0 saturated carbocycles. The third-order valence-corrected chi connectivity index (χ3v) is 2.60. The van der Waals surface area contributed by atoms with Gasteiger partial charge >= 0.3 is 0 Å². The minimum absolute atomic E-state index is 0.576. The Morgan fingerprint density at radius 1 is 1.50 bits per heavy atom. The highest BCUT2D eigenvalue weighted by molar-refractivity contribution is 4.90. The van der Waals surface area contributed by atoms with Gasteiger partial charge in [-0.05, 0) is 13.0 Å². The van der Waals surface area contributed by atoms with Crippen molar-refractivity contribution < 1.29 is 0 Å². The molecule has 1 fully saturated rings. The number of hydrogen-bond acceptors (Lipinski definition) is 4. The van der Waals surface area contributed by atoms with E-state index >= 15 is 0 Å². The van der Waals surface area contributed by atoms with Gasteiger partial charge in [0.1, 0.15) is 5.82 Å². The van der Waals surface area contributed by atoms with E-state index in [1.54, 1.807) is 12.4 Å². The molecule has 2 heterocycles. The fourth-order valence-corrected chi connectivity index (χ4v) is 1.71. The SMILES string of the molecule is C[C@@H]1CNCCN1Cc1ncccn1. The van der Waals surface area contributed by atoms with Gasteiger partial charge in [-0.15, -0.1) is 0 Å². The summed E-state index contributed by atoms with van der Waals surface area (Å²) >= 11 is 0. The highest BCUT2D eigenvalue weighted by atomic mass is 15.2. The Bertz CT molecular complexity index is 275. The lowest BCUT2D eigenvalue weighted by Gasteiger charge is -2.33. The van der Waals surface area contributed by atoms with Crippen LogP contribution in [0.4, 0.5) is 0 Å². The smallest absolute Gasteiger partial charge is 0.142 e. The van der Waals surface area contributed by atoms with Crippen molar-refractivity contribution >= 4 is 0 Å². The lowest BCUT2D eigenvalue weighted by Crippen LogP contribution is -2.49. The zero-order valence-corrected chi connectivity index (χ0v) is 8.48. The Morgan fingerprint density at radius 3 is 3.00 bits per heavy atom. The monoisotopic (exact) mass is 192 g/mol. The van der Waals surface area contributed by atoms with Gasteiger partial charge in [0.2, 0.25) is 0 Å². The van der Waals surface area contributed by atoms with E-state index in [2.05, 4.69) is 27.1 Å². The molecule has 1 atom stereocenters. The van der Waals surface area contributed by atoms with E-state index in [-0.39, 0.29) is 0 Å². The Balaban J connectivity index is 1.96. The van der Waals surface area contributed by atoms with Crippen molar-refractivity contribution in [2.24, 2.45) is 0 Å². The van der Waals surface area contributed by atoms with Gasteiger partial charge in [-0.25, -0.2) is 9.97 Å². The maximum Gasteiger partial charge on any atom is 0.142 e. The molecule has 1 saturated heterocycles. The summed E-state index contributed by atoms with van der Waals surface area (Å²) in [6, 6.07) is 2.43. The van der Waals surface area contributed by atoms with Gasteiger partial charge in [-0.3, -0.25) is 4.90 Å². The summed E-state index contributed by atoms with van der Waals surface area (Å²) in [6.07, 6.45) is 3.60. The first kappa shape index (κ1) is 9.55. The van der Waals surface area contributed by atoms with Crippen LogP contribution in [0.15, 0.2) is 18.5 Å². The van der Waals surface area contributed by atoms with Crippen molar-refractivity contribution in [1.82, 2.24) is 20.2 Å². The van der Waals surface area contributed by atoms with Gasteiger partial charge < -0.3 is 5.32 Å². The van der Waals surface area contributed by atoms with Crippen LogP contribution in [0.3, 0.4) is 0 Å². The van der Waals surface area contributed by atoms with Crippen LogP contribution in [-0.4, -0.2) is 40.5 Å². The average Bonchev–Trinajstić information content (AvgIpc) is 2.23. The van der Waals surface area contributed by atoms with Gasteiger partial charge in [0.05, 0.1) is 6.54 Å². The number of nitrogens with zero attached hydrogens (tertiary/aromatic N) is 3. The van der Waals surface area contributed by atoms with Crippen LogP contribution in [0, 0.1) is 0 Å². The molecule has 4 heteroatoms. The second kappa shape index (κ2) is 4.48. The van der Waals surface area contributed by atoms with Crippen LogP contribution in [0.1, 0.15) is 12.7 Å². The summed E-state index contributed by atoms with van der Waals surface area (Å²) in [4.78, 5) is 10.9. The van der Waals surface area contributed by atoms with Gasteiger partial charge in [0.25, 0.3) is 0 Å². The summed E-state index contributed by atoms with van der Waals surface area (Å²) in [5.41, 5.74) is 0. The molecule has 1 aromatic heterocycles. The lowest BCUT2D eigenvalue weighted by atomic mass is 10.2. The molecule has 0 unspecified atom stereocenters. The van der Waals surface area contributed by atoms with Crippen molar-refractivity contribution in [1.29, 1.82) is 0 Å². The summed E-state index contributed by atoms with van der Waals surface area (Å²) in [6.45, 7) is 6.31. The first-order valence-corrected chi connectivity index (χ1v) is 5.07. The summed E-state index contributed by atoms with van der Waals surface area (Å²) in [5, 5.41) is 3.37. The second-order valence-corrected chi connectivity index (χ2v) is 3.69. The van der Waals surface area contributed by atoms with E-state index in [4.69, 9.17) is 0 Å². The average molecular weight is 192 g/mol. The molecular weight excluding hydrogens is 176 g/mol. The van der Waals surface area contributed by atoms with Crippen molar-refractivity contribution in [2.45, 2.75) is 19.5 Å². The van der Waals surface area contributed by atoms with E-state index < -0.39 is 0 Å². The standard InChI is InChI=1S/C10H16N4/c1-9-7-11-5-6-14(9)8-10-12-3-2-4-13-10/h2-4,9,11H,5-8H2,1H3/t9-/m1/s1. The van der Waals surface area contributed by atoms with Crippen LogP contribution < -0.4 is 5.32 Å². The summed E-state index contributed by atoms with van der Waals surface area (Å²) < 4.78 is 0. The normalized spacial score (nSPS) is 23.6. The third-order valence-electron chi connectivity index (χ3n) is 2.60. The highest BCUT2D eigenvalue weighted by Gasteiger charge is 2.18. The van der Waals surface area contributed by atoms with E-state index in [0.717, 1.165) is 32.0 Å². The quantitative estimate of drug-likeness (QED) is 0.730. The van der Waals surface area contributed by atoms with E-state index in [0.29, 0.717) is 6.04 Å². The van der Waals surface area contributed by atoms with Crippen molar-refractivity contribution in [3.63, 3.8) is 0 Å². The number of rotatable bonds is 2.